The Hall–Kier alpha value is -1.42. The van der Waals surface area contributed by atoms with E-state index in [1.165, 1.54) is 6.07 Å². The molecule has 16 heavy (non-hydrogen) atoms. The molecule has 0 aliphatic carbocycles. The van der Waals surface area contributed by atoms with Gasteiger partial charge in [0, 0.05) is 12.5 Å². The molecular weight excluding hydrogens is 205 g/mol. The zero-order valence-corrected chi connectivity index (χ0v) is 9.50. The van der Waals surface area contributed by atoms with Crippen LogP contribution in [0.15, 0.2) is 18.2 Å². The lowest BCUT2D eigenvalue weighted by molar-refractivity contribution is 0.487. The van der Waals surface area contributed by atoms with E-state index in [1.54, 1.807) is 6.07 Å². The number of nitrogens with zero attached hydrogens (tertiary/aromatic N) is 1. The predicted molar refractivity (Wildman–Crippen MR) is 62.7 cm³/mol. The zero-order valence-electron chi connectivity index (χ0n) is 9.50. The molecule has 4 heteroatoms. The Bertz CT molecular complexity index is 490. The molecule has 0 saturated heterocycles. The van der Waals surface area contributed by atoms with E-state index in [9.17, 15) is 4.39 Å². The fourth-order valence-corrected chi connectivity index (χ4v) is 1.89. The van der Waals surface area contributed by atoms with Gasteiger partial charge in [-0.2, -0.15) is 0 Å². The summed E-state index contributed by atoms with van der Waals surface area (Å²) in [5.41, 5.74) is 6.84. The molecule has 0 amide bonds. The lowest BCUT2D eigenvalue weighted by atomic mass is 9.95. The third-order valence-electron chi connectivity index (χ3n) is 2.89. The maximum absolute atomic E-state index is 13.5. The third-order valence-corrected chi connectivity index (χ3v) is 2.89. The van der Waals surface area contributed by atoms with Crippen LogP contribution < -0.4 is 5.73 Å². The van der Waals surface area contributed by atoms with Crippen LogP contribution in [0, 0.1) is 11.7 Å². The van der Waals surface area contributed by atoms with Gasteiger partial charge < -0.3 is 10.7 Å². The van der Waals surface area contributed by atoms with E-state index in [1.807, 2.05) is 6.07 Å². The van der Waals surface area contributed by atoms with Gasteiger partial charge in [0.25, 0.3) is 0 Å². The molecule has 1 heterocycles. The largest absolute Gasteiger partial charge is 0.342 e. The average Bonchev–Trinajstić information content (AvgIpc) is 2.63. The first-order chi connectivity index (χ1) is 7.63. The monoisotopic (exact) mass is 221 g/mol. The average molecular weight is 221 g/mol. The molecule has 3 N–H and O–H groups in total. The number of aromatic amines is 1. The highest BCUT2D eigenvalue weighted by Crippen LogP contribution is 2.24. The Morgan fingerprint density at radius 3 is 2.75 bits per heavy atom. The second kappa shape index (κ2) is 4.22. The summed E-state index contributed by atoms with van der Waals surface area (Å²) in [7, 11) is 0. The number of benzene rings is 1. The minimum Gasteiger partial charge on any atom is -0.342 e. The number of aromatic nitrogens is 2. The predicted octanol–water partition coefficient (Wildman–Crippen LogP) is 2.40. The summed E-state index contributed by atoms with van der Waals surface area (Å²) in [5.74, 6) is 1.01. The number of nitrogens with two attached hydrogens (primary N) is 1. The van der Waals surface area contributed by atoms with Crippen molar-refractivity contribution in [1.29, 1.82) is 0 Å². The SMILES string of the molecule is CC(C)C(CN)c1nc2c(F)cccc2[nH]1. The first-order valence-electron chi connectivity index (χ1n) is 5.47. The maximum Gasteiger partial charge on any atom is 0.151 e. The first-order valence-corrected chi connectivity index (χ1v) is 5.47. The van der Waals surface area contributed by atoms with Gasteiger partial charge in [-0.25, -0.2) is 9.37 Å². The highest BCUT2D eigenvalue weighted by atomic mass is 19.1. The normalized spacial score (nSPS) is 13.6. The summed E-state index contributed by atoms with van der Waals surface area (Å²) < 4.78 is 13.5. The van der Waals surface area contributed by atoms with Gasteiger partial charge in [-0.05, 0) is 18.1 Å². The minimum absolute atomic E-state index is 0.145. The lowest BCUT2D eigenvalue weighted by Crippen LogP contribution is -2.18. The van der Waals surface area contributed by atoms with Crippen LogP contribution in [0.1, 0.15) is 25.6 Å². The van der Waals surface area contributed by atoms with E-state index >= 15 is 0 Å². The number of rotatable bonds is 3. The van der Waals surface area contributed by atoms with Gasteiger partial charge >= 0.3 is 0 Å². The van der Waals surface area contributed by atoms with Crippen LogP contribution in [0.25, 0.3) is 11.0 Å². The number of halogens is 1. The highest BCUT2D eigenvalue weighted by Gasteiger charge is 2.18. The van der Waals surface area contributed by atoms with Gasteiger partial charge in [-0.1, -0.05) is 19.9 Å². The molecule has 86 valence electrons. The van der Waals surface area contributed by atoms with Crippen molar-refractivity contribution in [2.45, 2.75) is 19.8 Å². The van der Waals surface area contributed by atoms with Gasteiger partial charge in [0.05, 0.1) is 5.52 Å². The summed E-state index contributed by atoms with van der Waals surface area (Å²) in [6.45, 7) is 4.68. The fraction of sp³-hybridized carbons (Fsp3) is 0.417. The van der Waals surface area contributed by atoms with Crippen LogP contribution in [0.4, 0.5) is 4.39 Å². The summed E-state index contributed by atoms with van der Waals surface area (Å²) >= 11 is 0. The van der Waals surface area contributed by atoms with Crippen molar-refractivity contribution in [3.8, 4) is 0 Å². The van der Waals surface area contributed by atoms with E-state index in [4.69, 9.17) is 5.73 Å². The molecule has 1 atom stereocenters. The van der Waals surface area contributed by atoms with Crippen LogP contribution >= 0.6 is 0 Å². The number of para-hydroxylation sites is 1. The number of H-pyrrole nitrogens is 1. The summed E-state index contributed by atoms with van der Waals surface area (Å²) in [5, 5.41) is 0. The summed E-state index contributed by atoms with van der Waals surface area (Å²) in [6, 6.07) is 4.91. The Balaban J connectivity index is 2.50. The van der Waals surface area contributed by atoms with Crippen LogP contribution in [0.2, 0.25) is 0 Å². The van der Waals surface area contributed by atoms with Gasteiger partial charge in [-0.3, -0.25) is 0 Å². The second-order valence-corrected chi connectivity index (χ2v) is 4.34. The quantitative estimate of drug-likeness (QED) is 0.836. The molecule has 0 saturated carbocycles. The summed E-state index contributed by atoms with van der Waals surface area (Å²) in [4.78, 5) is 7.43. The van der Waals surface area contributed by atoms with E-state index in [-0.39, 0.29) is 11.7 Å². The van der Waals surface area contributed by atoms with Gasteiger partial charge in [0.1, 0.15) is 11.3 Å². The van der Waals surface area contributed by atoms with Gasteiger partial charge in [-0.15, -0.1) is 0 Å². The first kappa shape index (κ1) is 11.1. The van der Waals surface area contributed by atoms with E-state index in [0.717, 1.165) is 11.3 Å². The molecule has 3 nitrogen and oxygen atoms in total. The number of imidazole rings is 1. The van der Waals surface area contributed by atoms with Crippen LogP contribution in [-0.4, -0.2) is 16.5 Å². The van der Waals surface area contributed by atoms with Crippen LogP contribution in [-0.2, 0) is 0 Å². The molecule has 2 aromatic rings. The van der Waals surface area contributed by atoms with Crippen LogP contribution in [0.3, 0.4) is 0 Å². The van der Waals surface area contributed by atoms with E-state index in [2.05, 4.69) is 23.8 Å². The Morgan fingerprint density at radius 1 is 1.44 bits per heavy atom. The zero-order chi connectivity index (χ0) is 11.7. The Kier molecular flexibility index (Phi) is 2.92. The Labute approximate surface area is 93.9 Å². The molecule has 0 radical (unpaired) electrons. The minimum atomic E-state index is -0.292. The van der Waals surface area contributed by atoms with Crippen LogP contribution in [0.5, 0.6) is 0 Å². The molecule has 1 aromatic heterocycles. The third kappa shape index (κ3) is 1.80. The highest BCUT2D eigenvalue weighted by molar-refractivity contribution is 5.75. The molecule has 0 aliphatic rings. The van der Waals surface area contributed by atoms with Crippen molar-refractivity contribution in [3.05, 3.63) is 29.8 Å². The van der Waals surface area contributed by atoms with Crippen molar-refractivity contribution in [3.63, 3.8) is 0 Å². The summed E-state index contributed by atoms with van der Waals surface area (Å²) in [6.07, 6.45) is 0. The molecule has 0 bridgehead atoms. The molecule has 0 spiro atoms. The smallest absolute Gasteiger partial charge is 0.151 e. The maximum atomic E-state index is 13.5. The second-order valence-electron chi connectivity index (χ2n) is 4.34. The molecule has 0 fully saturated rings. The van der Waals surface area contributed by atoms with E-state index < -0.39 is 0 Å². The van der Waals surface area contributed by atoms with Gasteiger partial charge in [0.2, 0.25) is 0 Å². The molecule has 1 aromatic carbocycles. The fourth-order valence-electron chi connectivity index (χ4n) is 1.89. The van der Waals surface area contributed by atoms with Crippen molar-refractivity contribution in [2.24, 2.45) is 11.7 Å². The van der Waals surface area contributed by atoms with Crippen molar-refractivity contribution in [2.75, 3.05) is 6.54 Å². The molecule has 0 aliphatic heterocycles. The van der Waals surface area contributed by atoms with E-state index in [0.29, 0.717) is 18.0 Å². The Morgan fingerprint density at radius 2 is 2.19 bits per heavy atom. The number of nitrogens with one attached hydrogen (secondary N) is 1. The van der Waals surface area contributed by atoms with Crippen molar-refractivity contribution in [1.82, 2.24) is 9.97 Å². The topological polar surface area (TPSA) is 54.7 Å². The number of hydrogen-bond acceptors (Lipinski definition) is 2. The number of fused-ring (bicyclic) bond motifs is 1. The molecule has 2 rings (SSSR count). The number of hydrogen-bond donors (Lipinski definition) is 2. The van der Waals surface area contributed by atoms with Crippen molar-refractivity contribution < 1.29 is 4.39 Å². The molecule has 1 unspecified atom stereocenters. The standard InChI is InChI=1S/C12H16FN3/c1-7(2)8(6-14)12-15-10-5-3-4-9(13)11(10)16-12/h3-5,7-8H,6,14H2,1-2H3,(H,15,16). The lowest BCUT2D eigenvalue weighted by Gasteiger charge is -2.15. The van der Waals surface area contributed by atoms with Crippen molar-refractivity contribution >= 4 is 11.0 Å². The molecular formula is C12H16FN3. The van der Waals surface area contributed by atoms with Gasteiger partial charge in [0.15, 0.2) is 5.82 Å².